The molecule has 1 radical (unpaired) electrons. The second-order valence-corrected chi connectivity index (χ2v) is 5.33. The molecule has 0 saturated carbocycles. The molecule has 0 bridgehead atoms. The number of halogens is 1. The van der Waals surface area contributed by atoms with Crippen LogP contribution in [0.25, 0.3) is 5.70 Å². The van der Waals surface area contributed by atoms with Crippen molar-refractivity contribution in [2.45, 2.75) is 25.6 Å². The fraction of sp³-hybridized carbons (Fsp3) is 0.438. The predicted octanol–water partition coefficient (Wildman–Crippen LogP) is 2.98. The third-order valence-electron chi connectivity index (χ3n) is 3.37. The molecule has 0 spiro atoms. The zero-order valence-electron chi connectivity index (χ0n) is 13.1. The topological polar surface area (TPSA) is 38.8 Å². The number of hydrogen-bond acceptors (Lipinski definition) is 3. The molecule has 1 atom stereocenters. The third-order valence-corrected chi connectivity index (χ3v) is 3.71. The van der Waals surface area contributed by atoms with Crippen molar-refractivity contribution >= 4 is 23.2 Å². The first-order chi connectivity index (χ1) is 10.1. The second kappa shape index (κ2) is 9.02. The molecule has 22 heavy (non-hydrogen) atoms. The fourth-order valence-electron chi connectivity index (χ4n) is 2.32. The van der Waals surface area contributed by atoms with E-state index in [-0.39, 0.29) is 45.4 Å². The third kappa shape index (κ3) is 4.32. The van der Waals surface area contributed by atoms with Crippen LogP contribution in [0, 0.1) is 13.0 Å². The largest absolute Gasteiger partial charge is 0.468 e. The number of allylic oxidation sites excluding steroid dienone is 1. The minimum atomic E-state index is -0.515. The fourth-order valence-corrected chi connectivity index (χ4v) is 2.52. The number of benzene rings is 1. The molecule has 1 amide bonds. The van der Waals surface area contributed by atoms with Crippen molar-refractivity contribution in [3.8, 4) is 5.75 Å². The minimum absolute atomic E-state index is 0. The molecule has 1 aromatic carbocycles. The first-order valence-electron chi connectivity index (χ1n) is 6.87. The van der Waals surface area contributed by atoms with Gasteiger partial charge in [-0.2, -0.15) is 0 Å². The van der Waals surface area contributed by atoms with Gasteiger partial charge in [-0.15, -0.1) is 34.5 Å². The van der Waals surface area contributed by atoms with Gasteiger partial charge in [-0.1, -0.05) is 13.3 Å². The van der Waals surface area contributed by atoms with E-state index in [1.165, 1.54) is 0 Å². The zero-order valence-corrected chi connectivity index (χ0v) is 16.7. The summed E-state index contributed by atoms with van der Waals surface area (Å²) in [5.41, 5.74) is 2.79. The van der Waals surface area contributed by atoms with Gasteiger partial charge in [0.05, 0.1) is 0 Å². The Hall–Kier alpha value is -0.416. The van der Waals surface area contributed by atoms with E-state index in [0.29, 0.717) is 13.0 Å². The van der Waals surface area contributed by atoms with Crippen LogP contribution in [0.3, 0.4) is 0 Å². The van der Waals surface area contributed by atoms with E-state index >= 15 is 0 Å². The van der Waals surface area contributed by atoms with E-state index in [1.807, 2.05) is 32.0 Å². The summed E-state index contributed by atoms with van der Waals surface area (Å²) in [4.78, 5) is 13.8. The number of hydrogen-bond donors (Lipinski definition) is 0. The van der Waals surface area contributed by atoms with Crippen LogP contribution in [0.2, 0.25) is 0 Å². The molecule has 6 heteroatoms. The first-order valence-corrected chi connectivity index (χ1v) is 7.31. The van der Waals surface area contributed by atoms with Crippen molar-refractivity contribution in [3.63, 3.8) is 0 Å². The molecule has 1 unspecified atom stereocenters. The number of aryl methyl sites for hydroxylation is 1. The number of ether oxygens (including phenoxy) is 2. The van der Waals surface area contributed by atoms with E-state index < -0.39 is 5.38 Å². The standard InChI is InChI=1S/C16H19ClNO3.Y/c1-4-18-15(8-7-14(17)16(18)19)13-6-5-12(9-11(13)2)21-10-20-3;/h5-6,9,14H,4,7,10H2,1-3H3;/q-1;. The summed E-state index contributed by atoms with van der Waals surface area (Å²) in [5, 5.41) is -0.515. The number of nitrogens with zero attached hydrogens (tertiary/aromatic N) is 1. The summed E-state index contributed by atoms with van der Waals surface area (Å²) in [7, 11) is 1.58. The molecule has 1 aliphatic heterocycles. The summed E-state index contributed by atoms with van der Waals surface area (Å²) in [6.07, 6.45) is 3.68. The molecule has 1 aliphatic rings. The Balaban J connectivity index is 0.00000242. The van der Waals surface area contributed by atoms with Crippen molar-refractivity contribution in [2.75, 3.05) is 20.4 Å². The first kappa shape index (κ1) is 19.6. The molecule has 1 heterocycles. The van der Waals surface area contributed by atoms with Crippen molar-refractivity contribution in [1.29, 1.82) is 0 Å². The molecule has 0 aliphatic carbocycles. The van der Waals surface area contributed by atoms with Gasteiger partial charge in [0.2, 0.25) is 5.91 Å². The molecule has 1 aromatic rings. The van der Waals surface area contributed by atoms with Gasteiger partial charge in [0.25, 0.3) is 0 Å². The smallest absolute Gasteiger partial charge is 0.241 e. The van der Waals surface area contributed by atoms with Gasteiger partial charge < -0.3 is 14.4 Å². The van der Waals surface area contributed by atoms with Crippen LogP contribution < -0.4 is 4.74 Å². The normalized spacial score (nSPS) is 17.8. The number of carbonyl (C=O) groups is 1. The molecule has 0 fully saturated rings. The Morgan fingerprint density at radius 2 is 2.18 bits per heavy atom. The van der Waals surface area contributed by atoms with E-state index in [9.17, 15) is 4.79 Å². The molecule has 0 saturated heterocycles. The van der Waals surface area contributed by atoms with Crippen LogP contribution in [0.1, 0.15) is 24.5 Å². The molecule has 0 N–H and O–H groups in total. The van der Waals surface area contributed by atoms with Gasteiger partial charge >= 0.3 is 0 Å². The van der Waals surface area contributed by atoms with E-state index in [0.717, 1.165) is 22.6 Å². The second-order valence-electron chi connectivity index (χ2n) is 4.81. The van der Waals surface area contributed by atoms with Gasteiger partial charge in [-0.25, -0.2) is 6.08 Å². The minimum Gasteiger partial charge on any atom is -0.468 e. The number of rotatable bonds is 5. The Morgan fingerprint density at radius 3 is 2.77 bits per heavy atom. The predicted molar refractivity (Wildman–Crippen MR) is 82.0 cm³/mol. The average Bonchev–Trinajstić information content (AvgIpc) is 2.48. The Morgan fingerprint density at radius 1 is 1.45 bits per heavy atom. The van der Waals surface area contributed by atoms with Crippen LogP contribution in [-0.2, 0) is 42.2 Å². The molecule has 117 valence electrons. The summed E-state index contributed by atoms with van der Waals surface area (Å²) in [6, 6.07) is 5.72. The van der Waals surface area contributed by atoms with Crippen molar-refractivity contribution < 1.29 is 47.0 Å². The van der Waals surface area contributed by atoms with Crippen molar-refractivity contribution in [2.24, 2.45) is 0 Å². The van der Waals surface area contributed by atoms with Crippen LogP contribution in [0.5, 0.6) is 5.75 Å². The zero-order chi connectivity index (χ0) is 15.4. The number of carbonyl (C=O) groups excluding carboxylic acids is 1. The Bertz CT molecular complexity index is 562. The number of amides is 1. The van der Waals surface area contributed by atoms with Gasteiger partial charge in [0, 0.05) is 46.4 Å². The van der Waals surface area contributed by atoms with E-state index in [2.05, 4.69) is 6.08 Å². The summed E-state index contributed by atoms with van der Waals surface area (Å²) in [6.45, 7) is 4.70. The quantitative estimate of drug-likeness (QED) is 0.436. The maximum Gasteiger partial charge on any atom is 0.241 e. The van der Waals surface area contributed by atoms with Gasteiger partial charge in [-0.3, -0.25) is 4.79 Å². The van der Waals surface area contributed by atoms with Crippen LogP contribution in [-0.4, -0.2) is 36.6 Å². The number of alkyl halides is 1. The van der Waals surface area contributed by atoms with E-state index in [4.69, 9.17) is 21.1 Å². The molecule has 0 aromatic heterocycles. The average molecular weight is 398 g/mol. The van der Waals surface area contributed by atoms with Crippen LogP contribution >= 0.6 is 11.6 Å². The molecule has 2 rings (SSSR count). The monoisotopic (exact) mass is 397 g/mol. The summed E-state index contributed by atoms with van der Waals surface area (Å²) >= 11 is 6.01. The maximum atomic E-state index is 12.2. The van der Waals surface area contributed by atoms with Gasteiger partial charge in [0.1, 0.15) is 11.1 Å². The van der Waals surface area contributed by atoms with Crippen LogP contribution in [0.15, 0.2) is 18.2 Å². The SMILES string of the molecule is CCN1C(=O)C(Cl)C[C-]=C1c1ccc(OCOC)cc1C.[Y]. The van der Waals surface area contributed by atoms with E-state index in [1.54, 1.807) is 12.0 Å². The summed E-state index contributed by atoms with van der Waals surface area (Å²) < 4.78 is 10.3. The molecule has 4 nitrogen and oxygen atoms in total. The number of methoxy groups -OCH3 is 1. The molecular formula is C16H19ClNO3Y-. The Labute approximate surface area is 161 Å². The van der Waals surface area contributed by atoms with Crippen molar-refractivity contribution in [3.05, 3.63) is 35.4 Å². The Kier molecular flexibility index (Phi) is 8.05. The molecular weight excluding hydrogens is 379 g/mol. The van der Waals surface area contributed by atoms with Gasteiger partial charge in [-0.05, 0) is 19.1 Å². The van der Waals surface area contributed by atoms with Crippen LogP contribution in [0.4, 0.5) is 0 Å². The maximum absolute atomic E-state index is 12.2. The van der Waals surface area contributed by atoms with Gasteiger partial charge in [0.15, 0.2) is 6.79 Å². The van der Waals surface area contributed by atoms with Crippen molar-refractivity contribution in [1.82, 2.24) is 4.90 Å². The summed E-state index contributed by atoms with van der Waals surface area (Å²) in [5.74, 6) is 0.672.